The van der Waals surface area contributed by atoms with Crippen LogP contribution in [0.15, 0.2) is 29.2 Å². The van der Waals surface area contributed by atoms with Gasteiger partial charge in [-0.3, -0.25) is 0 Å². The molecule has 0 radical (unpaired) electrons. The maximum Gasteiger partial charge on any atom is 0.243 e. The summed E-state index contributed by atoms with van der Waals surface area (Å²) in [5.74, 6) is 0. The van der Waals surface area contributed by atoms with Crippen LogP contribution >= 0.6 is 0 Å². The summed E-state index contributed by atoms with van der Waals surface area (Å²) in [4.78, 5) is 0.363. The first kappa shape index (κ1) is 17.1. The van der Waals surface area contributed by atoms with E-state index in [9.17, 15) is 8.42 Å². The average Bonchev–Trinajstić information content (AvgIpc) is 2.44. The Labute approximate surface area is 123 Å². The predicted molar refractivity (Wildman–Crippen MR) is 83.2 cm³/mol. The van der Waals surface area contributed by atoms with Crippen molar-refractivity contribution >= 4 is 10.0 Å². The lowest BCUT2D eigenvalue weighted by molar-refractivity contribution is 0.410. The van der Waals surface area contributed by atoms with E-state index in [1.807, 2.05) is 19.1 Å². The van der Waals surface area contributed by atoms with Gasteiger partial charge in [0.15, 0.2) is 0 Å². The minimum Gasteiger partial charge on any atom is -0.329 e. The van der Waals surface area contributed by atoms with Crippen molar-refractivity contribution in [2.24, 2.45) is 5.73 Å². The van der Waals surface area contributed by atoms with Gasteiger partial charge in [-0.15, -0.1) is 0 Å². The molecule has 2 N–H and O–H groups in total. The molecule has 0 atom stereocenters. The van der Waals surface area contributed by atoms with Crippen LogP contribution in [0.25, 0.3) is 0 Å². The molecule has 1 aromatic rings. The highest BCUT2D eigenvalue weighted by Gasteiger charge is 2.22. The van der Waals surface area contributed by atoms with Gasteiger partial charge in [0, 0.05) is 19.6 Å². The number of nitrogens with two attached hydrogens (primary N) is 1. The molecule has 0 aliphatic heterocycles. The first-order valence-corrected chi connectivity index (χ1v) is 8.79. The Balaban J connectivity index is 2.93. The summed E-state index contributed by atoms with van der Waals surface area (Å²) < 4.78 is 26.6. The van der Waals surface area contributed by atoms with Gasteiger partial charge < -0.3 is 5.73 Å². The van der Waals surface area contributed by atoms with E-state index in [-0.39, 0.29) is 0 Å². The van der Waals surface area contributed by atoms with Crippen LogP contribution in [-0.2, 0) is 16.4 Å². The molecule has 1 rings (SSSR count). The van der Waals surface area contributed by atoms with Gasteiger partial charge in [0.05, 0.1) is 4.90 Å². The first-order valence-electron chi connectivity index (χ1n) is 7.35. The molecule has 0 aliphatic rings. The van der Waals surface area contributed by atoms with E-state index in [2.05, 4.69) is 6.92 Å². The van der Waals surface area contributed by atoms with Gasteiger partial charge in [0.1, 0.15) is 0 Å². The fourth-order valence-corrected chi connectivity index (χ4v) is 3.59. The summed E-state index contributed by atoms with van der Waals surface area (Å²) in [6, 6.07) is 7.21. The second-order valence-corrected chi connectivity index (χ2v) is 6.88. The third-order valence-corrected chi connectivity index (χ3v) is 5.15. The minimum atomic E-state index is -3.41. The number of nitrogens with zero attached hydrogens (tertiary/aromatic N) is 1. The molecule has 20 heavy (non-hydrogen) atoms. The van der Waals surface area contributed by atoms with Crippen molar-refractivity contribution in [3.05, 3.63) is 29.8 Å². The lowest BCUT2D eigenvalue weighted by atomic mass is 10.1. The SMILES string of the molecule is CCCCN(CCN)S(=O)(=O)c1ccc(CCC)cc1. The zero-order valence-electron chi connectivity index (χ0n) is 12.5. The van der Waals surface area contributed by atoms with Gasteiger partial charge in [-0.2, -0.15) is 4.31 Å². The number of benzene rings is 1. The Morgan fingerprint density at radius 3 is 2.20 bits per heavy atom. The second kappa shape index (κ2) is 8.39. The summed E-state index contributed by atoms with van der Waals surface area (Å²) in [6.07, 6.45) is 3.85. The van der Waals surface area contributed by atoms with E-state index in [0.29, 0.717) is 24.5 Å². The van der Waals surface area contributed by atoms with Crippen LogP contribution in [0.2, 0.25) is 0 Å². The van der Waals surface area contributed by atoms with Crippen molar-refractivity contribution in [3.63, 3.8) is 0 Å². The lowest BCUT2D eigenvalue weighted by Gasteiger charge is -2.21. The molecule has 0 spiro atoms. The number of hydrogen-bond donors (Lipinski definition) is 1. The van der Waals surface area contributed by atoms with Crippen LogP contribution in [0.1, 0.15) is 38.7 Å². The fourth-order valence-electron chi connectivity index (χ4n) is 2.10. The van der Waals surface area contributed by atoms with Crippen LogP contribution in [0.3, 0.4) is 0 Å². The number of unbranched alkanes of at least 4 members (excludes halogenated alkanes) is 1. The molecular weight excluding hydrogens is 272 g/mol. The van der Waals surface area contributed by atoms with Crippen LogP contribution < -0.4 is 5.73 Å². The van der Waals surface area contributed by atoms with Gasteiger partial charge in [0.2, 0.25) is 10.0 Å². The van der Waals surface area contributed by atoms with Crippen molar-refractivity contribution in [1.29, 1.82) is 0 Å². The smallest absolute Gasteiger partial charge is 0.243 e. The topological polar surface area (TPSA) is 63.4 Å². The van der Waals surface area contributed by atoms with Gasteiger partial charge >= 0.3 is 0 Å². The number of hydrogen-bond acceptors (Lipinski definition) is 3. The maximum atomic E-state index is 12.6. The number of aryl methyl sites for hydroxylation is 1. The lowest BCUT2D eigenvalue weighted by Crippen LogP contribution is -2.36. The largest absolute Gasteiger partial charge is 0.329 e. The molecule has 0 saturated carbocycles. The van der Waals surface area contributed by atoms with Crippen molar-refractivity contribution in [1.82, 2.24) is 4.31 Å². The van der Waals surface area contributed by atoms with Crippen LogP contribution in [0, 0.1) is 0 Å². The van der Waals surface area contributed by atoms with Gasteiger partial charge in [0.25, 0.3) is 0 Å². The average molecular weight is 298 g/mol. The quantitative estimate of drug-likeness (QED) is 0.761. The minimum absolute atomic E-state index is 0.344. The molecular formula is C15H26N2O2S. The first-order chi connectivity index (χ1) is 9.56. The predicted octanol–water partition coefficient (Wildman–Crippen LogP) is 2.39. The summed E-state index contributed by atoms with van der Waals surface area (Å²) >= 11 is 0. The number of sulfonamides is 1. The standard InChI is InChI=1S/C15H26N2O2S/c1-3-5-12-17(13-11-16)20(18,19)15-9-7-14(6-4-2)8-10-15/h7-10H,3-6,11-13,16H2,1-2H3. The van der Waals surface area contributed by atoms with E-state index in [0.717, 1.165) is 25.7 Å². The Morgan fingerprint density at radius 1 is 1.05 bits per heavy atom. The highest BCUT2D eigenvalue weighted by atomic mass is 32.2. The second-order valence-electron chi connectivity index (χ2n) is 4.94. The molecule has 0 amide bonds. The summed E-state index contributed by atoms with van der Waals surface area (Å²) in [5, 5.41) is 0. The molecule has 0 bridgehead atoms. The van der Waals surface area contributed by atoms with Crippen molar-refractivity contribution in [2.45, 2.75) is 44.4 Å². The van der Waals surface area contributed by atoms with E-state index in [1.54, 1.807) is 12.1 Å². The fraction of sp³-hybridized carbons (Fsp3) is 0.600. The molecule has 0 saturated heterocycles. The summed E-state index contributed by atoms with van der Waals surface area (Å²) in [5.41, 5.74) is 6.71. The van der Waals surface area contributed by atoms with Crippen molar-refractivity contribution < 1.29 is 8.42 Å². The van der Waals surface area contributed by atoms with Gasteiger partial charge in [-0.05, 0) is 30.5 Å². The van der Waals surface area contributed by atoms with E-state index in [1.165, 1.54) is 9.87 Å². The van der Waals surface area contributed by atoms with E-state index in [4.69, 9.17) is 5.73 Å². The van der Waals surface area contributed by atoms with Gasteiger partial charge in [-0.25, -0.2) is 8.42 Å². The summed E-state index contributed by atoms with van der Waals surface area (Å²) in [6.45, 7) is 5.41. The van der Waals surface area contributed by atoms with Crippen molar-refractivity contribution in [2.75, 3.05) is 19.6 Å². The highest BCUT2D eigenvalue weighted by molar-refractivity contribution is 7.89. The Morgan fingerprint density at radius 2 is 1.70 bits per heavy atom. The molecule has 0 heterocycles. The molecule has 0 aliphatic carbocycles. The van der Waals surface area contributed by atoms with Crippen LogP contribution in [-0.4, -0.2) is 32.4 Å². The normalized spacial score (nSPS) is 12.0. The molecule has 4 nitrogen and oxygen atoms in total. The Hall–Kier alpha value is -0.910. The van der Waals surface area contributed by atoms with Crippen LogP contribution in [0.5, 0.6) is 0 Å². The molecule has 0 aromatic heterocycles. The summed E-state index contributed by atoms with van der Waals surface area (Å²) in [7, 11) is -3.41. The Bertz CT molecular complexity index is 483. The Kier molecular flexibility index (Phi) is 7.19. The van der Waals surface area contributed by atoms with E-state index >= 15 is 0 Å². The molecule has 5 heteroatoms. The molecule has 0 unspecified atom stereocenters. The number of rotatable bonds is 9. The zero-order chi connectivity index (χ0) is 15.0. The van der Waals surface area contributed by atoms with Crippen LogP contribution in [0.4, 0.5) is 0 Å². The zero-order valence-corrected chi connectivity index (χ0v) is 13.3. The van der Waals surface area contributed by atoms with E-state index < -0.39 is 10.0 Å². The van der Waals surface area contributed by atoms with Crippen molar-refractivity contribution in [3.8, 4) is 0 Å². The third kappa shape index (κ3) is 4.58. The third-order valence-electron chi connectivity index (χ3n) is 3.24. The highest BCUT2D eigenvalue weighted by Crippen LogP contribution is 2.17. The van der Waals surface area contributed by atoms with Gasteiger partial charge in [-0.1, -0.05) is 38.8 Å². The molecule has 1 aromatic carbocycles. The molecule has 0 fully saturated rings. The molecule has 114 valence electrons. The maximum absolute atomic E-state index is 12.6. The monoisotopic (exact) mass is 298 g/mol.